The Morgan fingerprint density at radius 2 is 1.83 bits per heavy atom. The van der Waals surface area contributed by atoms with Gasteiger partial charge in [-0.25, -0.2) is 14.6 Å². The van der Waals surface area contributed by atoms with Crippen LogP contribution in [0.4, 0.5) is 5.69 Å². The highest BCUT2D eigenvalue weighted by Crippen LogP contribution is 2.31. The Morgan fingerprint density at radius 1 is 1.17 bits per heavy atom. The van der Waals surface area contributed by atoms with Gasteiger partial charge in [0.25, 0.3) is 0 Å². The molecule has 0 spiro atoms. The van der Waals surface area contributed by atoms with E-state index in [9.17, 15) is 9.59 Å². The van der Waals surface area contributed by atoms with Crippen LogP contribution in [0, 0.1) is 0 Å². The molecule has 6 nitrogen and oxygen atoms in total. The lowest BCUT2D eigenvalue weighted by Gasteiger charge is -2.11. The molecule has 23 heavy (non-hydrogen) atoms. The van der Waals surface area contributed by atoms with Crippen molar-refractivity contribution in [3.05, 3.63) is 57.3 Å². The maximum absolute atomic E-state index is 12.2. The monoisotopic (exact) mass is 354 g/mol. The van der Waals surface area contributed by atoms with Crippen molar-refractivity contribution in [2.75, 3.05) is 12.8 Å². The van der Waals surface area contributed by atoms with Gasteiger partial charge < -0.3 is 15.2 Å². The molecule has 8 heteroatoms. The third kappa shape index (κ3) is 3.72. The Morgan fingerprint density at radius 3 is 2.43 bits per heavy atom. The van der Waals surface area contributed by atoms with Crippen LogP contribution in [0.5, 0.6) is 0 Å². The summed E-state index contributed by atoms with van der Waals surface area (Å²) in [5.41, 5.74) is 5.92. The number of nitrogens with zero attached hydrogens (tertiary/aromatic N) is 1. The molecule has 0 amide bonds. The van der Waals surface area contributed by atoms with E-state index in [2.05, 4.69) is 9.72 Å². The fourth-order valence-electron chi connectivity index (χ4n) is 1.77. The molecular weight excluding hydrogens is 343 g/mol. The number of pyridine rings is 1. The van der Waals surface area contributed by atoms with Crippen molar-refractivity contribution in [2.24, 2.45) is 0 Å². The molecule has 0 fully saturated rings. The van der Waals surface area contributed by atoms with Crippen molar-refractivity contribution in [3.8, 4) is 0 Å². The lowest BCUT2D eigenvalue weighted by Crippen LogP contribution is -2.14. The Labute approximate surface area is 142 Å². The number of hydrogen-bond donors (Lipinski definition) is 1. The largest absolute Gasteiger partial charge is 0.464 e. The predicted octanol–water partition coefficient (Wildman–Crippen LogP) is 3.11. The van der Waals surface area contributed by atoms with Crippen molar-refractivity contribution in [2.45, 2.75) is 6.61 Å². The molecular formula is C15H12Cl2N2O4. The van der Waals surface area contributed by atoms with Gasteiger partial charge in [-0.15, -0.1) is 0 Å². The number of methoxy groups -OCH3 is 1. The van der Waals surface area contributed by atoms with Crippen LogP contribution in [0.2, 0.25) is 10.2 Å². The summed E-state index contributed by atoms with van der Waals surface area (Å²) in [6.07, 6.45) is 0. The number of rotatable bonds is 4. The van der Waals surface area contributed by atoms with Crippen molar-refractivity contribution in [3.63, 3.8) is 0 Å². The zero-order valence-electron chi connectivity index (χ0n) is 12.0. The van der Waals surface area contributed by atoms with Gasteiger partial charge in [0.2, 0.25) is 0 Å². The van der Waals surface area contributed by atoms with E-state index in [1.165, 1.54) is 0 Å². The van der Waals surface area contributed by atoms with Crippen LogP contribution in [0.25, 0.3) is 0 Å². The second-order valence-electron chi connectivity index (χ2n) is 4.41. The number of nitrogen functional groups attached to an aromatic ring is 1. The number of carbonyl (C=O) groups excluding carboxylic acids is 2. The molecule has 2 rings (SSSR count). The Kier molecular flexibility index (Phi) is 5.41. The van der Waals surface area contributed by atoms with Crippen LogP contribution in [0.15, 0.2) is 30.3 Å². The zero-order valence-corrected chi connectivity index (χ0v) is 13.5. The average Bonchev–Trinajstić information content (AvgIpc) is 2.56. The first-order valence-corrected chi connectivity index (χ1v) is 7.15. The second-order valence-corrected chi connectivity index (χ2v) is 5.14. The lowest BCUT2D eigenvalue weighted by molar-refractivity contribution is 0.0472. The summed E-state index contributed by atoms with van der Waals surface area (Å²) >= 11 is 11.9. The average molecular weight is 355 g/mol. The highest BCUT2D eigenvalue weighted by molar-refractivity contribution is 6.39. The molecule has 2 N–H and O–H groups in total. The molecule has 1 aromatic heterocycles. The van der Waals surface area contributed by atoms with Crippen molar-refractivity contribution in [1.29, 1.82) is 0 Å². The van der Waals surface area contributed by atoms with E-state index in [1.54, 1.807) is 12.1 Å². The zero-order chi connectivity index (χ0) is 17.0. The van der Waals surface area contributed by atoms with Crippen LogP contribution < -0.4 is 5.73 Å². The first kappa shape index (κ1) is 17.1. The summed E-state index contributed by atoms with van der Waals surface area (Å²) < 4.78 is 9.66. The van der Waals surface area contributed by atoms with Crippen molar-refractivity contribution in [1.82, 2.24) is 4.98 Å². The van der Waals surface area contributed by atoms with E-state index in [-0.39, 0.29) is 33.7 Å². The molecule has 0 saturated carbocycles. The summed E-state index contributed by atoms with van der Waals surface area (Å²) in [7, 11) is 1.16. The lowest BCUT2D eigenvalue weighted by atomic mass is 10.2. The van der Waals surface area contributed by atoms with Gasteiger partial charge in [-0.2, -0.15) is 0 Å². The van der Waals surface area contributed by atoms with Crippen LogP contribution in [-0.2, 0) is 16.1 Å². The van der Waals surface area contributed by atoms with Gasteiger partial charge in [0.15, 0.2) is 5.69 Å². The molecule has 0 radical (unpaired) electrons. The number of anilines is 1. The Balaban J connectivity index is 2.27. The number of benzene rings is 1. The Bertz CT molecular complexity index is 751. The minimum atomic E-state index is -0.812. The van der Waals surface area contributed by atoms with E-state index in [0.717, 1.165) is 12.7 Å². The van der Waals surface area contributed by atoms with Gasteiger partial charge in [-0.05, 0) is 5.56 Å². The standard InChI is InChI=1S/C15H12Cl2N2O4/c1-22-15(21)12-10(16)11(18)9(13(17)19-12)14(20)23-7-8-5-3-2-4-6-8/h2-6H,7H2,1H3,(H2,18,19). The topological polar surface area (TPSA) is 91.5 Å². The summed E-state index contributed by atoms with van der Waals surface area (Å²) in [6, 6.07) is 9.06. The maximum atomic E-state index is 12.2. The number of hydrogen-bond acceptors (Lipinski definition) is 6. The molecule has 1 heterocycles. The number of carbonyl (C=O) groups is 2. The van der Waals surface area contributed by atoms with Crippen LogP contribution >= 0.6 is 23.2 Å². The quantitative estimate of drug-likeness (QED) is 0.669. The summed E-state index contributed by atoms with van der Waals surface area (Å²) in [4.78, 5) is 27.5. The minimum absolute atomic E-state index is 0.0335. The van der Waals surface area contributed by atoms with E-state index >= 15 is 0 Å². The summed E-state index contributed by atoms with van der Waals surface area (Å²) in [6.45, 7) is 0.0335. The molecule has 0 bridgehead atoms. The van der Waals surface area contributed by atoms with Gasteiger partial charge in [0.05, 0.1) is 17.8 Å². The van der Waals surface area contributed by atoms with E-state index in [1.807, 2.05) is 18.2 Å². The second kappa shape index (κ2) is 7.30. The predicted molar refractivity (Wildman–Crippen MR) is 85.6 cm³/mol. The van der Waals surface area contributed by atoms with Gasteiger partial charge in [-0.1, -0.05) is 53.5 Å². The van der Waals surface area contributed by atoms with Gasteiger partial charge in [0, 0.05) is 0 Å². The van der Waals surface area contributed by atoms with Gasteiger partial charge >= 0.3 is 11.9 Å². The van der Waals surface area contributed by atoms with E-state index in [4.69, 9.17) is 33.7 Å². The highest BCUT2D eigenvalue weighted by atomic mass is 35.5. The molecule has 0 aliphatic heterocycles. The minimum Gasteiger partial charge on any atom is -0.464 e. The molecule has 1 aromatic carbocycles. The van der Waals surface area contributed by atoms with Crippen LogP contribution in [0.3, 0.4) is 0 Å². The van der Waals surface area contributed by atoms with Crippen molar-refractivity contribution >= 4 is 40.8 Å². The number of aromatic nitrogens is 1. The third-order valence-electron chi connectivity index (χ3n) is 2.93. The maximum Gasteiger partial charge on any atom is 0.358 e. The summed E-state index contributed by atoms with van der Waals surface area (Å²) in [5.74, 6) is -1.60. The van der Waals surface area contributed by atoms with Gasteiger partial charge in [-0.3, -0.25) is 0 Å². The molecule has 0 aliphatic carbocycles. The highest BCUT2D eigenvalue weighted by Gasteiger charge is 2.25. The van der Waals surface area contributed by atoms with Gasteiger partial charge in [0.1, 0.15) is 17.3 Å². The normalized spacial score (nSPS) is 10.2. The van der Waals surface area contributed by atoms with Crippen LogP contribution in [0.1, 0.15) is 26.4 Å². The smallest absolute Gasteiger partial charge is 0.358 e. The van der Waals surface area contributed by atoms with E-state index in [0.29, 0.717) is 0 Å². The summed E-state index contributed by atoms with van der Waals surface area (Å²) in [5, 5.41) is -0.502. The molecule has 0 aliphatic rings. The molecule has 2 aromatic rings. The first-order valence-electron chi connectivity index (χ1n) is 6.39. The van der Waals surface area contributed by atoms with Crippen LogP contribution in [-0.4, -0.2) is 24.0 Å². The molecule has 0 saturated heterocycles. The van der Waals surface area contributed by atoms with E-state index < -0.39 is 11.9 Å². The SMILES string of the molecule is COC(=O)c1nc(Cl)c(C(=O)OCc2ccccc2)c(N)c1Cl. The number of nitrogens with two attached hydrogens (primary N) is 1. The molecule has 120 valence electrons. The fraction of sp³-hybridized carbons (Fsp3) is 0.133. The van der Waals surface area contributed by atoms with Crippen molar-refractivity contribution < 1.29 is 19.1 Å². The number of halogens is 2. The third-order valence-corrected chi connectivity index (χ3v) is 3.58. The number of esters is 2. The Hall–Kier alpha value is -2.31. The molecule has 0 unspecified atom stereocenters. The first-order chi connectivity index (χ1) is 11.0. The fourth-order valence-corrected chi connectivity index (χ4v) is 2.25. The number of ether oxygens (including phenoxy) is 2. The molecule has 0 atom stereocenters.